The number of hydrogen-bond acceptors (Lipinski definition) is 3. The third-order valence-electron chi connectivity index (χ3n) is 4.90. The van der Waals surface area contributed by atoms with Crippen LogP contribution in [-0.2, 0) is 6.54 Å². The molecule has 26 heavy (non-hydrogen) atoms. The molecule has 1 atom stereocenters. The monoisotopic (exact) mass is 380 g/mol. The Morgan fingerprint density at radius 2 is 2.12 bits per heavy atom. The summed E-state index contributed by atoms with van der Waals surface area (Å²) in [5.41, 5.74) is 6.30. The van der Waals surface area contributed by atoms with Gasteiger partial charge in [-0.1, -0.05) is 41.9 Å². The molecule has 0 saturated heterocycles. The van der Waals surface area contributed by atoms with Crippen LogP contribution in [0.15, 0.2) is 61.4 Å². The number of fused-ring (bicyclic) bond motifs is 1. The molecule has 0 aliphatic carbocycles. The molecule has 1 aliphatic heterocycles. The molecule has 1 aromatic carbocycles. The van der Waals surface area contributed by atoms with Gasteiger partial charge in [-0.15, -0.1) is 17.9 Å². The molecule has 0 N–H and O–H groups in total. The summed E-state index contributed by atoms with van der Waals surface area (Å²) in [6.45, 7) is 8.81. The van der Waals surface area contributed by atoms with Crippen LogP contribution in [0.25, 0.3) is 11.1 Å². The first-order valence-corrected chi connectivity index (χ1v) is 9.97. The van der Waals surface area contributed by atoms with Gasteiger partial charge in [0.05, 0.1) is 4.34 Å². The van der Waals surface area contributed by atoms with E-state index in [9.17, 15) is 0 Å². The summed E-state index contributed by atoms with van der Waals surface area (Å²) in [6.07, 6.45) is 5.83. The summed E-state index contributed by atoms with van der Waals surface area (Å²) in [4.78, 5) is 8.21. The van der Waals surface area contributed by atoms with Gasteiger partial charge in [0, 0.05) is 48.4 Å². The molecule has 3 heterocycles. The molecular weight excluding hydrogens is 360 g/mol. The van der Waals surface area contributed by atoms with Crippen molar-refractivity contribution in [3.05, 3.63) is 87.4 Å². The molecule has 3 aromatic rings. The van der Waals surface area contributed by atoms with Crippen LogP contribution in [0.3, 0.4) is 0 Å². The maximum Gasteiger partial charge on any atom is 0.0934 e. The number of thiophene rings is 1. The van der Waals surface area contributed by atoms with Gasteiger partial charge in [0.1, 0.15) is 0 Å². The fraction of sp³-hybridized carbons (Fsp3) is 0.227. The second kappa shape index (κ2) is 7.36. The third kappa shape index (κ3) is 3.35. The van der Waals surface area contributed by atoms with E-state index < -0.39 is 0 Å². The molecule has 0 radical (unpaired) electrons. The minimum absolute atomic E-state index is 0.305. The molecule has 0 fully saturated rings. The van der Waals surface area contributed by atoms with Crippen LogP contribution in [0, 0.1) is 6.92 Å². The van der Waals surface area contributed by atoms with Gasteiger partial charge in [-0.25, -0.2) is 0 Å². The maximum absolute atomic E-state index is 6.38. The lowest BCUT2D eigenvalue weighted by molar-refractivity contribution is 0.270. The van der Waals surface area contributed by atoms with E-state index in [0.29, 0.717) is 5.92 Å². The van der Waals surface area contributed by atoms with Crippen molar-refractivity contribution in [3.8, 4) is 11.1 Å². The number of halogens is 1. The summed E-state index contributed by atoms with van der Waals surface area (Å²) in [5.74, 6) is 0.305. The first kappa shape index (κ1) is 17.5. The molecule has 0 spiro atoms. The highest BCUT2D eigenvalue weighted by Gasteiger charge is 2.29. The smallest absolute Gasteiger partial charge is 0.0934 e. The molecule has 4 rings (SSSR count). The van der Waals surface area contributed by atoms with E-state index in [1.807, 2.05) is 18.5 Å². The van der Waals surface area contributed by atoms with Crippen molar-refractivity contribution >= 4 is 22.9 Å². The van der Waals surface area contributed by atoms with E-state index in [4.69, 9.17) is 11.6 Å². The summed E-state index contributed by atoms with van der Waals surface area (Å²) >= 11 is 8.08. The van der Waals surface area contributed by atoms with Crippen molar-refractivity contribution in [3.63, 3.8) is 0 Å². The maximum atomic E-state index is 6.38. The number of benzene rings is 1. The van der Waals surface area contributed by atoms with Crippen LogP contribution in [0.5, 0.6) is 0 Å². The fourth-order valence-corrected chi connectivity index (χ4v) is 5.19. The predicted molar refractivity (Wildman–Crippen MR) is 111 cm³/mol. The zero-order chi connectivity index (χ0) is 18.1. The topological polar surface area (TPSA) is 16.1 Å². The third-order valence-corrected chi connectivity index (χ3v) is 6.17. The first-order chi connectivity index (χ1) is 12.7. The van der Waals surface area contributed by atoms with Gasteiger partial charge in [0.15, 0.2) is 0 Å². The highest BCUT2D eigenvalue weighted by atomic mass is 35.5. The number of nitrogens with zero attached hydrogens (tertiary/aromatic N) is 2. The van der Waals surface area contributed by atoms with E-state index in [1.165, 1.54) is 32.7 Å². The summed E-state index contributed by atoms with van der Waals surface area (Å²) < 4.78 is 0.871. The standard InChI is InChI=1S/C22H21ClN2S/c1-3-8-25-13-20(19-10-22(23)26-21(19)14-25)18-7-5-4-6-17(18)16-9-15(2)11-24-12-16/h3-7,9-12,20H,1,8,13-14H2,2H3. The van der Waals surface area contributed by atoms with Crippen LogP contribution in [0.2, 0.25) is 4.34 Å². The Kier molecular flexibility index (Phi) is 4.94. The molecule has 0 saturated carbocycles. The molecule has 132 valence electrons. The second-order valence-corrected chi connectivity index (χ2v) is 8.57. The Balaban J connectivity index is 1.83. The summed E-state index contributed by atoms with van der Waals surface area (Å²) in [5, 5.41) is 0. The van der Waals surface area contributed by atoms with Gasteiger partial charge in [-0.05, 0) is 41.3 Å². The van der Waals surface area contributed by atoms with Gasteiger partial charge < -0.3 is 0 Å². The van der Waals surface area contributed by atoms with Crippen molar-refractivity contribution in [2.24, 2.45) is 0 Å². The Morgan fingerprint density at radius 1 is 1.27 bits per heavy atom. The number of rotatable bonds is 4. The quantitative estimate of drug-likeness (QED) is 0.523. The molecule has 2 nitrogen and oxygen atoms in total. The van der Waals surface area contributed by atoms with Gasteiger partial charge in [-0.3, -0.25) is 9.88 Å². The average molecular weight is 381 g/mol. The Morgan fingerprint density at radius 3 is 2.92 bits per heavy atom. The van der Waals surface area contributed by atoms with Crippen LogP contribution in [0.1, 0.15) is 27.5 Å². The van der Waals surface area contributed by atoms with E-state index in [1.54, 1.807) is 11.3 Å². The zero-order valence-corrected chi connectivity index (χ0v) is 16.4. The van der Waals surface area contributed by atoms with Crippen molar-refractivity contribution in [2.45, 2.75) is 19.4 Å². The van der Waals surface area contributed by atoms with E-state index in [2.05, 4.69) is 59.8 Å². The lowest BCUT2D eigenvalue weighted by atomic mass is 9.84. The first-order valence-electron chi connectivity index (χ1n) is 8.78. The minimum Gasteiger partial charge on any atom is -0.294 e. The number of aromatic nitrogens is 1. The lowest BCUT2D eigenvalue weighted by Gasteiger charge is -2.33. The average Bonchev–Trinajstić information content (AvgIpc) is 3.01. The van der Waals surface area contributed by atoms with Crippen molar-refractivity contribution in [1.29, 1.82) is 0 Å². The zero-order valence-electron chi connectivity index (χ0n) is 14.8. The van der Waals surface area contributed by atoms with Gasteiger partial charge >= 0.3 is 0 Å². The number of aryl methyl sites for hydroxylation is 1. The van der Waals surface area contributed by atoms with Gasteiger partial charge in [-0.2, -0.15) is 0 Å². The Hall–Kier alpha value is -1.94. The molecule has 1 unspecified atom stereocenters. The lowest BCUT2D eigenvalue weighted by Crippen LogP contribution is -2.33. The normalized spacial score (nSPS) is 17.1. The van der Waals surface area contributed by atoms with Crippen LogP contribution >= 0.6 is 22.9 Å². The molecule has 0 bridgehead atoms. The number of hydrogen-bond donors (Lipinski definition) is 0. The summed E-state index contributed by atoms with van der Waals surface area (Å²) in [7, 11) is 0. The van der Waals surface area contributed by atoms with Crippen LogP contribution < -0.4 is 0 Å². The van der Waals surface area contributed by atoms with Gasteiger partial charge in [0.2, 0.25) is 0 Å². The SMILES string of the molecule is C=CCN1Cc2sc(Cl)cc2C(c2ccccc2-c2cncc(C)c2)C1. The predicted octanol–water partition coefficient (Wildman–Crippen LogP) is 5.91. The molecular formula is C22H21ClN2S. The number of pyridine rings is 1. The molecule has 1 aliphatic rings. The highest BCUT2D eigenvalue weighted by molar-refractivity contribution is 7.16. The molecule has 4 heteroatoms. The van der Waals surface area contributed by atoms with Gasteiger partial charge in [0.25, 0.3) is 0 Å². The molecule has 2 aromatic heterocycles. The van der Waals surface area contributed by atoms with Crippen LogP contribution in [0.4, 0.5) is 0 Å². The van der Waals surface area contributed by atoms with E-state index in [-0.39, 0.29) is 0 Å². The largest absolute Gasteiger partial charge is 0.294 e. The summed E-state index contributed by atoms with van der Waals surface area (Å²) in [6, 6.07) is 13.0. The van der Waals surface area contributed by atoms with Crippen LogP contribution in [-0.4, -0.2) is 23.0 Å². The Bertz CT molecular complexity index is 947. The van der Waals surface area contributed by atoms with E-state index >= 15 is 0 Å². The second-order valence-electron chi connectivity index (χ2n) is 6.80. The minimum atomic E-state index is 0.305. The van der Waals surface area contributed by atoms with Crippen molar-refractivity contribution in [1.82, 2.24) is 9.88 Å². The fourth-order valence-electron chi connectivity index (χ4n) is 3.81. The van der Waals surface area contributed by atoms with Crippen molar-refractivity contribution < 1.29 is 0 Å². The van der Waals surface area contributed by atoms with Crippen molar-refractivity contribution in [2.75, 3.05) is 13.1 Å². The van der Waals surface area contributed by atoms with E-state index in [0.717, 1.165) is 24.0 Å². The Labute approximate surface area is 163 Å². The highest BCUT2D eigenvalue weighted by Crippen LogP contribution is 2.42. The molecule has 0 amide bonds.